The predicted octanol–water partition coefficient (Wildman–Crippen LogP) is 2.58. The molecule has 0 saturated carbocycles. The number of carboxylic acids is 1. The second-order valence-corrected chi connectivity index (χ2v) is 7.50. The number of likely N-dealkylation sites (tertiary alicyclic amines) is 1. The first kappa shape index (κ1) is 19.9. The first-order valence-corrected chi connectivity index (χ1v) is 9.44. The topological polar surface area (TPSA) is 89.9 Å². The average Bonchev–Trinajstić information content (AvgIpc) is 2.68. The normalized spacial score (nSPS) is 21.9. The third-order valence-electron chi connectivity index (χ3n) is 5.39. The zero-order valence-corrected chi connectivity index (χ0v) is 16.0. The fraction of sp³-hybridized carbons (Fsp3) is 0.364. The molecule has 1 heterocycles. The van der Waals surface area contributed by atoms with Crippen molar-refractivity contribution in [1.29, 1.82) is 0 Å². The first-order chi connectivity index (χ1) is 13.4. The van der Waals surface area contributed by atoms with Gasteiger partial charge >= 0.3 is 12.0 Å². The first-order valence-electron chi connectivity index (χ1n) is 9.44. The van der Waals surface area contributed by atoms with Crippen LogP contribution in [-0.2, 0) is 17.8 Å². The lowest BCUT2D eigenvalue weighted by Crippen LogP contribution is -2.59. The summed E-state index contributed by atoms with van der Waals surface area (Å²) in [6, 6.07) is 16.8. The number of hydrogen-bond acceptors (Lipinski definition) is 3. The maximum Gasteiger partial charge on any atom is 0.317 e. The van der Waals surface area contributed by atoms with Crippen LogP contribution in [0.3, 0.4) is 0 Å². The molecule has 0 aliphatic carbocycles. The van der Waals surface area contributed by atoms with Crippen molar-refractivity contribution >= 4 is 12.0 Å². The Morgan fingerprint density at radius 2 is 1.86 bits per heavy atom. The number of piperidine rings is 1. The van der Waals surface area contributed by atoms with Crippen molar-refractivity contribution in [3.8, 4) is 0 Å². The molecule has 1 aliphatic heterocycles. The smallest absolute Gasteiger partial charge is 0.317 e. The summed E-state index contributed by atoms with van der Waals surface area (Å²) < 4.78 is 0. The summed E-state index contributed by atoms with van der Waals surface area (Å²) in [6.45, 7) is 2.66. The van der Waals surface area contributed by atoms with Gasteiger partial charge in [-0.1, -0.05) is 60.2 Å². The van der Waals surface area contributed by atoms with Gasteiger partial charge in [0, 0.05) is 19.6 Å². The molecule has 1 fully saturated rings. The van der Waals surface area contributed by atoms with E-state index in [9.17, 15) is 19.8 Å². The van der Waals surface area contributed by atoms with E-state index in [1.807, 2.05) is 61.5 Å². The van der Waals surface area contributed by atoms with Crippen LogP contribution in [0.2, 0.25) is 0 Å². The Hall–Kier alpha value is -2.86. The number of aryl methyl sites for hydroxylation is 1. The van der Waals surface area contributed by atoms with Gasteiger partial charge in [-0.25, -0.2) is 4.79 Å². The SMILES string of the molecule is Cc1cccc(CNC(=O)N2CC[C@H](O)[C@](Cc3ccccc3)(C(=O)O)C2)c1. The fourth-order valence-corrected chi connectivity index (χ4v) is 3.78. The minimum Gasteiger partial charge on any atom is -0.481 e. The molecule has 1 saturated heterocycles. The number of carboxylic acid groups (broad SMARTS) is 1. The number of nitrogens with one attached hydrogen (secondary N) is 1. The molecule has 0 unspecified atom stereocenters. The molecule has 3 rings (SSSR count). The van der Waals surface area contributed by atoms with E-state index in [4.69, 9.17) is 0 Å². The van der Waals surface area contributed by atoms with Gasteiger partial charge in [0.05, 0.1) is 6.10 Å². The predicted molar refractivity (Wildman–Crippen MR) is 106 cm³/mol. The number of carbonyl (C=O) groups is 2. The molecule has 2 aromatic rings. The largest absolute Gasteiger partial charge is 0.481 e. The number of nitrogens with zero attached hydrogens (tertiary/aromatic N) is 1. The van der Waals surface area contributed by atoms with Crippen LogP contribution in [0, 0.1) is 12.3 Å². The molecule has 0 bridgehead atoms. The van der Waals surface area contributed by atoms with E-state index in [1.165, 1.54) is 4.90 Å². The van der Waals surface area contributed by atoms with Crippen LogP contribution in [0.25, 0.3) is 0 Å². The zero-order valence-electron chi connectivity index (χ0n) is 16.0. The summed E-state index contributed by atoms with van der Waals surface area (Å²) >= 11 is 0. The maximum atomic E-state index is 12.7. The van der Waals surface area contributed by atoms with E-state index in [0.717, 1.165) is 16.7 Å². The van der Waals surface area contributed by atoms with Gasteiger partial charge in [-0.15, -0.1) is 0 Å². The molecule has 148 valence electrons. The summed E-state index contributed by atoms with van der Waals surface area (Å²) in [5, 5.41) is 23.4. The lowest BCUT2D eigenvalue weighted by molar-refractivity contribution is -0.161. The quantitative estimate of drug-likeness (QED) is 0.741. The zero-order chi connectivity index (χ0) is 20.1. The van der Waals surface area contributed by atoms with Gasteiger partial charge in [-0.05, 0) is 30.9 Å². The lowest BCUT2D eigenvalue weighted by atomic mass is 9.73. The third kappa shape index (κ3) is 4.34. The lowest BCUT2D eigenvalue weighted by Gasteiger charge is -2.43. The summed E-state index contributed by atoms with van der Waals surface area (Å²) in [6.07, 6.45) is -0.603. The molecule has 6 heteroatoms. The highest BCUT2D eigenvalue weighted by molar-refractivity contribution is 5.79. The van der Waals surface area contributed by atoms with Crippen LogP contribution in [0.1, 0.15) is 23.1 Å². The van der Waals surface area contributed by atoms with Crippen LogP contribution < -0.4 is 5.32 Å². The molecule has 1 aliphatic rings. The van der Waals surface area contributed by atoms with E-state index >= 15 is 0 Å². The Labute approximate surface area is 164 Å². The van der Waals surface area contributed by atoms with Crippen LogP contribution >= 0.6 is 0 Å². The molecular weight excluding hydrogens is 356 g/mol. The number of benzene rings is 2. The highest BCUT2D eigenvalue weighted by Gasteiger charge is 2.50. The second kappa shape index (κ2) is 8.44. The number of aliphatic hydroxyl groups excluding tert-OH is 1. The van der Waals surface area contributed by atoms with Gasteiger partial charge < -0.3 is 20.4 Å². The summed E-state index contributed by atoms with van der Waals surface area (Å²) in [4.78, 5) is 26.3. The van der Waals surface area contributed by atoms with Crippen LogP contribution in [0.5, 0.6) is 0 Å². The second-order valence-electron chi connectivity index (χ2n) is 7.50. The Kier molecular flexibility index (Phi) is 5.99. The van der Waals surface area contributed by atoms with Crippen molar-refractivity contribution in [2.75, 3.05) is 13.1 Å². The molecule has 6 nitrogen and oxygen atoms in total. The molecule has 0 radical (unpaired) electrons. The van der Waals surface area contributed by atoms with Crippen molar-refractivity contribution < 1.29 is 19.8 Å². The summed E-state index contributed by atoms with van der Waals surface area (Å²) in [7, 11) is 0. The van der Waals surface area contributed by atoms with Gasteiger partial charge in [-0.3, -0.25) is 4.79 Å². The number of amides is 2. The van der Waals surface area contributed by atoms with Crippen molar-refractivity contribution in [3.05, 3.63) is 71.3 Å². The monoisotopic (exact) mass is 382 g/mol. The number of rotatable bonds is 5. The van der Waals surface area contributed by atoms with Crippen LogP contribution in [0.15, 0.2) is 54.6 Å². The van der Waals surface area contributed by atoms with E-state index in [1.54, 1.807) is 0 Å². The van der Waals surface area contributed by atoms with Crippen molar-refractivity contribution in [2.45, 2.75) is 32.4 Å². The Morgan fingerprint density at radius 3 is 2.54 bits per heavy atom. The van der Waals surface area contributed by atoms with Gasteiger partial charge in [0.25, 0.3) is 0 Å². The molecule has 0 spiro atoms. The Bertz CT molecular complexity index is 839. The van der Waals surface area contributed by atoms with Crippen molar-refractivity contribution in [3.63, 3.8) is 0 Å². The van der Waals surface area contributed by atoms with Gasteiger partial charge in [-0.2, -0.15) is 0 Å². The van der Waals surface area contributed by atoms with E-state index in [2.05, 4.69) is 5.32 Å². The Balaban J connectivity index is 1.72. The number of urea groups is 1. The van der Waals surface area contributed by atoms with Gasteiger partial charge in [0.2, 0.25) is 0 Å². The van der Waals surface area contributed by atoms with E-state index in [0.29, 0.717) is 13.1 Å². The average molecular weight is 382 g/mol. The van der Waals surface area contributed by atoms with Crippen LogP contribution in [-0.4, -0.2) is 46.3 Å². The number of carbonyl (C=O) groups excluding carboxylic acids is 1. The minimum absolute atomic E-state index is 0.0297. The maximum absolute atomic E-state index is 12.7. The fourth-order valence-electron chi connectivity index (χ4n) is 3.78. The molecule has 2 aromatic carbocycles. The Morgan fingerprint density at radius 1 is 1.14 bits per heavy atom. The molecule has 2 amide bonds. The minimum atomic E-state index is -1.42. The highest BCUT2D eigenvalue weighted by atomic mass is 16.4. The summed E-state index contributed by atoms with van der Waals surface area (Å²) in [5.41, 5.74) is 1.51. The van der Waals surface area contributed by atoms with Crippen molar-refractivity contribution in [2.24, 2.45) is 5.41 Å². The molecular formula is C22H26N2O4. The van der Waals surface area contributed by atoms with Crippen molar-refractivity contribution in [1.82, 2.24) is 10.2 Å². The molecule has 2 atom stereocenters. The van der Waals surface area contributed by atoms with Gasteiger partial charge in [0.1, 0.15) is 5.41 Å². The van der Waals surface area contributed by atoms with Crippen LogP contribution in [0.4, 0.5) is 4.79 Å². The number of aliphatic carboxylic acids is 1. The third-order valence-corrected chi connectivity index (χ3v) is 5.39. The highest BCUT2D eigenvalue weighted by Crippen LogP contribution is 2.34. The summed E-state index contributed by atoms with van der Waals surface area (Å²) in [5.74, 6) is -1.08. The standard InChI is InChI=1S/C22H26N2O4/c1-16-6-5-9-18(12-16)14-23-21(28)24-11-10-19(25)22(15-24,20(26)27)13-17-7-3-2-4-8-17/h2-9,12,19,25H,10-11,13-15H2,1H3,(H,23,28)(H,26,27)/t19-,22+/m0/s1. The molecule has 0 aromatic heterocycles. The molecule has 28 heavy (non-hydrogen) atoms. The van der Waals surface area contributed by atoms with Gasteiger partial charge in [0.15, 0.2) is 0 Å². The molecule has 3 N–H and O–H groups in total. The van der Waals surface area contributed by atoms with E-state index < -0.39 is 17.5 Å². The number of aliphatic hydroxyl groups is 1. The number of hydrogen-bond donors (Lipinski definition) is 3. The van der Waals surface area contributed by atoms with E-state index in [-0.39, 0.29) is 25.4 Å².